The maximum atomic E-state index is 12.1. The van der Waals surface area contributed by atoms with Gasteiger partial charge < -0.3 is 15.2 Å². The van der Waals surface area contributed by atoms with E-state index in [-0.39, 0.29) is 12.3 Å². The van der Waals surface area contributed by atoms with Crippen molar-refractivity contribution in [3.05, 3.63) is 23.2 Å². The van der Waals surface area contributed by atoms with Crippen molar-refractivity contribution in [1.82, 2.24) is 0 Å². The number of para-hydroxylation sites is 1. The van der Waals surface area contributed by atoms with E-state index in [1.54, 1.807) is 18.2 Å². The van der Waals surface area contributed by atoms with E-state index >= 15 is 0 Å². The van der Waals surface area contributed by atoms with E-state index in [2.05, 4.69) is 5.32 Å². The molecule has 0 saturated heterocycles. The summed E-state index contributed by atoms with van der Waals surface area (Å²) in [5, 5.41) is 13.6. The van der Waals surface area contributed by atoms with Gasteiger partial charge in [-0.3, -0.25) is 4.79 Å². The Morgan fingerprint density at radius 1 is 1.40 bits per heavy atom. The fraction of sp³-hybridized carbons (Fsp3) is 0.533. The van der Waals surface area contributed by atoms with Crippen LogP contribution < -0.4 is 10.1 Å². The summed E-state index contributed by atoms with van der Waals surface area (Å²) in [6, 6.07) is 5.17. The molecular weight excluding hydrogens is 278 g/mol. The summed E-state index contributed by atoms with van der Waals surface area (Å²) in [4.78, 5) is 12.1. The molecule has 1 aromatic carbocycles. The zero-order chi connectivity index (χ0) is 14.6. The van der Waals surface area contributed by atoms with Gasteiger partial charge in [-0.1, -0.05) is 36.9 Å². The number of hydrogen-bond donors (Lipinski definition) is 2. The zero-order valence-corrected chi connectivity index (χ0v) is 12.4. The first-order valence-corrected chi connectivity index (χ1v) is 7.27. The first-order chi connectivity index (χ1) is 9.54. The maximum absolute atomic E-state index is 12.1. The predicted molar refractivity (Wildman–Crippen MR) is 79.3 cm³/mol. The van der Waals surface area contributed by atoms with Crippen molar-refractivity contribution in [2.45, 2.75) is 44.1 Å². The van der Waals surface area contributed by atoms with Gasteiger partial charge in [0.1, 0.15) is 0 Å². The van der Waals surface area contributed by atoms with Gasteiger partial charge in [0.25, 0.3) is 0 Å². The van der Waals surface area contributed by atoms with Crippen LogP contribution in [0.15, 0.2) is 18.2 Å². The molecule has 2 rings (SSSR count). The van der Waals surface area contributed by atoms with Gasteiger partial charge in [0.05, 0.1) is 29.8 Å². The minimum atomic E-state index is -0.867. The number of rotatable bonds is 4. The molecule has 0 heterocycles. The van der Waals surface area contributed by atoms with Gasteiger partial charge in [0, 0.05) is 0 Å². The highest BCUT2D eigenvalue weighted by Crippen LogP contribution is 2.34. The third-order valence-corrected chi connectivity index (χ3v) is 4.02. The number of carbonyl (C=O) groups excluding carboxylic acids is 1. The summed E-state index contributed by atoms with van der Waals surface area (Å²) >= 11 is 6.01. The molecule has 0 spiro atoms. The molecule has 0 radical (unpaired) electrons. The fourth-order valence-corrected chi connectivity index (χ4v) is 2.95. The lowest BCUT2D eigenvalue weighted by atomic mass is 9.82. The molecule has 5 heteroatoms. The average molecular weight is 298 g/mol. The summed E-state index contributed by atoms with van der Waals surface area (Å²) in [5.74, 6) is 0.230. The maximum Gasteiger partial charge on any atom is 0.227 e. The molecule has 110 valence electrons. The highest BCUT2D eigenvalue weighted by atomic mass is 35.5. The number of methoxy groups -OCH3 is 1. The molecule has 0 bridgehead atoms. The number of amides is 1. The van der Waals surface area contributed by atoms with Gasteiger partial charge in [-0.15, -0.1) is 0 Å². The van der Waals surface area contributed by atoms with E-state index in [1.807, 2.05) is 0 Å². The molecule has 0 aromatic heterocycles. The Labute approximate surface area is 124 Å². The van der Waals surface area contributed by atoms with Crippen LogP contribution in [0.1, 0.15) is 38.5 Å². The van der Waals surface area contributed by atoms with Gasteiger partial charge in [-0.05, 0) is 25.0 Å². The Morgan fingerprint density at radius 3 is 2.75 bits per heavy atom. The van der Waals surface area contributed by atoms with Crippen LogP contribution in [-0.2, 0) is 4.79 Å². The second kappa shape index (κ2) is 6.46. The minimum Gasteiger partial charge on any atom is -0.493 e. The molecule has 0 aliphatic heterocycles. The van der Waals surface area contributed by atoms with Crippen molar-refractivity contribution >= 4 is 23.2 Å². The van der Waals surface area contributed by atoms with E-state index in [4.69, 9.17) is 16.3 Å². The topological polar surface area (TPSA) is 58.6 Å². The number of carbonyl (C=O) groups is 1. The standard InChI is InChI=1S/C15H20ClNO3/c1-20-14-11(16)6-5-7-12(14)17-13(18)10-15(19)8-3-2-4-9-15/h5-7,19H,2-4,8-10H2,1H3,(H,17,18). The Morgan fingerprint density at radius 2 is 2.10 bits per heavy atom. The number of halogens is 1. The van der Waals surface area contributed by atoms with Crippen molar-refractivity contribution < 1.29 is 14.6 Å². The zero-order valence-electron chi connectivity index (χ0n) is 11.6. The lowest BCUT2D eigenvalue weighted by molar-refractivity contribution is -0.122. The van der Waals surface area contributed by atoms with Crippen molar-refractivity contribution in [2.75, 3.05) is 12.4 Å². The quantitative estimate of drug-likeness (QED) is 0.896. The number of anilines is 1. The molecule has 4 nitrogen and oxygen atoms in total. The lowest BCUT2D eigenvalue weighted by Gasteiger charge is -2.31. The van der Waals surface area contributed by atoms with Crippen molar-refractivity contribution in [3.63, 3.8) is 0 Å². The van der Waals surface area contributed by atoms with Gasteiger partial charge >= 0.3 is 0 Å². The molecule has 0 atom stereocenters. The van der Waals surface area contributed by atoms with Crippen LogP contribution in [0, 0.1) is 0 Å². The smallest absolute Gasteiger partial charge is 0.227 e. The SMILES string of the molecule is COc1c(Cl)cccc1NC(=O)CC1(O)CCCCC1. The fourth-order valence-electron chi connectivity index (χ4n) is 2.69. The number of aliphatic hydroxyl groups is 1. The number of benzene rings is 1. The largest absolute Gasteiger partial charge is 0.493 e. The van der Waals surface area contributed by atoms with E-state index in [1.165, 1.54) is 7.11 Å². The van der Waals surface area contributed by atoms with Gasteiger partial charge in [-0.25, -0.2) is 0 Å². The van der Waals surface area contributed by atoms with Crippen LogP contribution >= 0.6 is 11.6 Å². The molecule has 2 N–H and O–H groups in total. The molecule has 1 saturated carbocycles. The number of hydrogen-bond acceptors (Lipinski definition) is 3. The Hall–Kier alpha value is -1.26. The van der Waals surface area contributed by atoms with Crippen molar-refractivity contribution in [1.29, 1.82) is 0 Å². The molecular formula is C15H20ClNO3. The second-order valence-electron chi connectivity index (χ2n) is 5.33. The minimum absolute atomic E-state index is 0.114. The third-order valence-electron chi connectivity index (χ3n) is 3.72. The summed E-state index contributed by atoms with van der Waals surface area (Å²) in [7, 11) is 1.51. The summed E-state index contributed by atoms with van der Waals surface area (Å²) < 4.78 is 5.18. The van der Waals surface area contributed by atoms with E-state index in [0.29, 0.717) is 29.3 Å². The monoisotopic (exact) mass is 297 g/mol. The molecule has 0 unspecified atom stereocenters. The van der Waals surface area contributed by atoms with Crippen LogP contribution in [0.4, 0.5) is 5.69 Å². The van der Waals surface area contributed by atoms with Gasteiger partial charge in [0.15, 0.2) is 5.75 Å². The molecule has 1 aromatic rings. The van der Waals surface area contributed by atoms with Crippen molar-refractivity contribution in [3.8, 4) is 5.75 Å². The average Bonchev–Trinajstić information content (AvgIpc) is 2.39. The van der Waals surface area contributed by atoms with E-state index < -0.39 is 5.60 Å². The Kier molecular flexibility index (Phi) is 4.89. The highest BCUT2D eigenvalue weighted by molar-refractivity contribution is 6.32. The molecule has 1 amide bonds. The molecule has 1 aliphatic rings. The lowest BCUT2D eigenvalue weighted by Crippen LogP contribution is -2.35. The van der Waals surface area contributed by atoms with Crippen LogP contribution in [0.25, 0.3) is 0 Å². The van der Waals surface area contributed by atoms with Crippen molar-refractivity contribution in [2.24, 2.45) is 0 Å². The van der Waals surface area contributed by atoms with Crippen LogP contribution in [0.3, 0.4) is 0 Å². The summed E-state index contributed by atoms with van der Waals surface area (Å²) in [6.07, 6.45) is 4.57. The number of ether oxygens (including phenoxy) is 1. The Bertz CT molecular complexity index is 484. The highest BCUT2D eigenvalue weighted by Gasteiger charge is 2.31. The Balaban J connectivity index is 2.03. The van der Waals surface area contributed by atoms with E-state index in [9.17, 15) is 9.90 Å². The normalized spacial score (nSPS) is 17.6. The van der Waals surface area contributed by atoms with Crippen LogP contribution in [-0.4, -0.2) is 23.7 Å². The molecule has 1 fully saturated rings. The van der Waals surface area contributed by atoms with Gasteiger partial charge in [-0.2, -0.15) is 0 Å². The summed E-state index contributed by atoms with van der Waals surface area (Å²) in [6.45, 7) is 0. The third kappa shape index (κ3) is 3.64. The van der Waals surface area contributed by atoms with Crippen LogP contribution in [0.2, 0.25) is 5.02 Å². The van der Waals surface area contributed by atoms with E-state index in [0.717, 1.165) is 19.3 Å². The van der Waals surface area contributed by atoms with Crippen LogP contribution in [0.5, 0.6) is 5.75 Å². The second-order valence-corrected chi connectivity index (χ2v) is 5.74. The molecule has 1 aliphatic carbocycles. The number of nitrogens with one attached hydrogen (secondary N) is 1. The first-order valence-electron chi connectivity index (χ1n) is 6.89. The predicted octanol–water partition coefficient (Wildman–Crippen LogP) is 3.37. The molecule has 20 heavy (non-hydrogen) atoms. The van der Waals surface area contributed by atoms with Gasteiger partial charge in [0.2, 0.25) is 5.91 Å². The first kappa shape index (κ1) is 15.1. The summed E-state index contributed by atoms with van der Waals surface area (Å²) in [5.41, 5.74) is -0.335.